The van der Waals surface area contributed by atoms with Gasteiger partial charge in [-0.1, -0.05) is 0 Å². The molecule has 0 radical (unpaired) electrons. The van der Waals surface area contributed by atoms with Crippen molar-refractivity contribution in [1.29, 1.82) is 5.26 Å². The van der Waals surface area contributed by atoms with E-state index in [9.17, 15) is 0 Å². The maximum absolute atomic E-state index is 9.01. The van der Waals surface area contributed by atoms with Crippen LogP contribution in [0.3, 0.4) is 0 Å². The molecule has 0 aliphatic heterocycles. The molecule has 2 N–H and O–H groups in total. The first-order valence-corrected chi connectivity index (χ1v) is 1.83. The summed E-state index contributed by atoms with van der Waals surface area (Å²) in [7, 11) is 0. The first-order chi connectivity index (χ1) is 4.00. The molecule has 0 heterocycles. The molecule has 5 nitrogen and oxygen atoms in total. The molecule has 5 heteroatoms. The molecular weight excluding hydrogens is 126 g/mol. The maximum Gasteiger partial charge on any atom is 0.408 e. The molecule has 0 fully saturated rings. The summed E-state index contributed by atoms with van der Waals surface area (Å²) in [5.74, 6) is -2.27. The molecular formula is C4H5NO4. The minimum absolute atomic E-state index is 0.833. The monoisotopic (exact) mass is 131 g/mol. The first kappa shape index (κ1) is 10.4. The van der Waals surface area contributed by atoms with Gasteiger partial charge in [-0.05, 0) is 0 Å². The highest BCUT2D eigenvalue weighted by molar-refractivity contribution is 5.83. The SMILES string of the molecule is CC(=O)O.N#CC(=O)O. The molecule has 0 aromatic rings. The number of aliphatic carboxylic acids is 2. The smallest absolute Gasteiger partial charge is 0.408 e. The summed E-state index contributed by atoms with van der Waals surface area (Å²) >= 11 is 0. The normalized spacial score (nSPS) is 5.78. The van der Waals surface area contributed by atoms with Gasteiger partial charge in [0.2, 0.25) is 0 Å². The van der Waals surface area contributed by atoms with Gasteiger partial charge in [0.1, 0.15) is 0 Å². The van der Waals surface area contributed by atoms with Gasteiger partial charge in [-0.2, -0.15) is 5.26 Å². The number of hydrogen-bond donors (Lipinski definition) is 2. The van der Waals surface area contributed by atoms with E-state index in [0.29, 0.717) is 0 Å². The first-order valence-electron chi connectivity index (χ1n) is 1.83. The summed E-state index contributed by atoms with van der Waals surface area (Å²) in [6.07, 6.45) is 0. The van der Waals surface area contributed by atoms with Crippen LogP contribution < -0.4 is 0 Å². The molecule has 0 atom stereocenters. The number of carboxylic acid groups (broad SMARTS) is 2. The molecule has 0 unspecified atom stereocenters. The molecule has 0 aromatic heterocycles. The summed E-state index contributed by atoms with van der Waals surface area (Å²) in [6, 6.07) is 0.944. The molecule has 0 rings (SSSR count). The predicted molar refractivity (Wildman–Crippen MR) is 26.6 cm³/mol. The van der Waals surface area contributed by atoms with E-state index in [2.05, 4.69) is 0 Å². The fraction of sp³-hybridized carbons (Fsp3) is 0.250. The van der Waals surface area contributed by atoms with E-state index < -0.39 is 11.9 Å². The van der Waals surface area contributed by atoms with E-state index in [0.717, 1.165) is 13.0 Å². The van der Waals surface area contributed by atoms with Crippen molar-refractivity contribution in [3.8, 4) is 6.07 Å². The molecule has 0 aliphatic rings. The van der Waals surface area contributed by atoms with Gasteiger partial charge in [0, 0.05) is 6.92 Å². The van der Waals surface area contributed by atoms with Crippen LogP contribution in [0, 0.1) is 11.3 Å². The van der Waals surface area contributed by atoms with Gasteiger partial charge in [-0.3, -0.25) is 4.79 Å². The summed E-state index contributed by atoms with van der Waals surface area (Å²) in [5.41, 5.74) is 0. The topological polar surface area (TPSA) is 98.4 Å². The van der Waals surface area contributed by atoms with Crippen LogP contribution >= 0.6 is 0 Å². The van der Waals surface area contributed by atoms with Crippen molar-refractivity contribution in [2.24, 2.45) is 0 Å². The van der Waals surface area contributed by atoms with Crippen molar-refractivity contribution in [2.45, 2.75) is 6.92 Å². The third-order valence-corrected chi connectivity index (χ3v) is 0.0956. The van der Waals surface area contributed by atoms with Crippen LogP contribution in [-0.4, -0.2) is 22.2 Å². The van der Waals surface area contributed by atoms with Crippen molar-refractivity contribution in [2.75, 3.05) is 0 Å². The van der Waals surface area contributed by atoms with Gasteiger partial charge in [0.15, 0.2) is 6.07 Å². The van der Waals surface area contributed by atoms with Crippen molar-refractivity contribution in [1.82, 2.24) is 0 Å². The Labute approximate surface area is 51.1 Å². The Kier molecular flexibility index (Phi) is 7.44. The van der Waals surface area contributed by atoms with Crippen LogP contribution in [0.15, 0.2) is 0 Å². The molecule has 9 heavy (non-hydrogen) atoms. The maximum atomic E-state index is 9.01. The number of nitriles is 1. The number of hydrogen-bond acceptors (Lipinski definition) is 3. The van der Waals surface area contributed by atoms with Gasteiger partial charge < -0.3 is 10.2 Å². The molecule has 0 spiro atoms. The van der Waals surface area contributed by atoms with Crippen molar-refractivity contribution < 1.29 is 19.8 Å². The predicted octanol–water partition coefficient (Wildman–Crippen LogP) is -0.315. The molecule has 0 saturated heterocycles. The van der Waals surface area contributed by atoms with Gasteiger partial charge in [-0.25, -0.2) is 4.79 Å². The third-order valence-electron chi connectivity index (χ3n) is 0.0956. The van der Waals surface area contributed by atoms with E-state index >= 15 is 0 Å². The summed E-state index contributed by atoms with van der Waals surface area (Å²) in [6.45, 7) is 1.08. The Morgan fingerprint density at radius 2 is 1.56 bits per heavy atom. The zero-order chi connectivity index (χ0) is 7.86. The quantitative estimate of drug-likeness (QED) is 0.347. The second kappa shape index (κ2) is 6.43. The van der Waals surface area contributed by atoms with Crippen LogP contribution in [0.5, 0.6) is 0 Å². The number of carboxylic acids is 2. The fourth-order valence-electron chi connectivity index (χ4n) is 0. The highest BCUT2D eigenvalue weighted by Crippen LogP contribution is 1.44. The van der Waals surface area contributed by atoms with Gasteiger partial charge in [-0.15, -0.1) is 0 Å². The minimum Gasteiger partial charge on any atom is -0.481 e. The van der Waals surface area contributed by atoms with E-state index in [-0.39, 0.29) is 0 Å². The second-order valence-electron chi connectivity index (χ2n) is 0.936. The molecule has 50 valence electrons. The Balaban J connectivity index is 0. The van der Waals surface area contributed by atoms with E-state index in [1.807, 2.05) is 0 Å². The standard InChI is InChI=1S/C2HNO2.C2H4O2/c3-1-2(4)5;1-2(3)4/h(H,4,5);1H3,(H,3,4). The number of rotatable bonds is 0. The lowest BCUT2D eigenvalue weighted by Gasteiger charge is -1.59. The largest absolute Gasteiger partial charge is 0.481 e. The zero-order valence-corrected chi connectivity index (χ0v) is 4.66. The van der Waals surface area contributed by atoms with Crippen molar-refractivity contribution >= 4 is 11.9 Å². The lowest BCUT2D eigenvalue weighted by molar-refractivity contribution is -0.134. The summed E-state index contributed by atoms with van der Waals surface area (Å²) < 4.78 is 0. The van der Waals surface area contributed by atoms with Crippen LogP contribution in [0.1, 0.15) is 6.92 Å². The van der Waals surface area contributed by atoms with E-state index in [1.54, 1.807) is 0 Å². The lowest BCUT2D eigenvalue weighted by Crippen LogP contribution is -1.83. The fourth-order valence-corrected chi connectivity index (χ4v) is 0. The second-order valence-corrected chi connectivity index (χ2v) is 0.936. The minimum atomic E-state index is -1.44. The molecule has 0 aromatic carbocycles. The van der Waals surface area contributed by atoms with Crippen molar-refractivity contribution in [3.63, 3.8) is 0 Å². The molecule has 0 aliphatic carbocycles. The van der Waals surface area contributed by atoms with Crippen LogP contribution in [0.2, 0.25) is 0 Å². The lowest BCUT2D eigenvalue weighted by atomic mass is 10.8. The Hall–Kier alpha value is -1.57. The Morgan fingerprint density at radius 3 is 1.56 bits per heavy atom. The van der Waals surface area contributed by atoms with Crippen LogP contribution in [0.4, 0.5) is 0 Å². The van der Waals surface area contributed by atoms with Gasteiger partial charge >= 0.3 is 5.97 Å². The van der Waals surface area contributed by atoms with Gasteiger partial charge in [0.05, 0.1) is 0 Å². The summed E-state index contributed by atoms with van der Waals surface area (Å²) in [4.78, 5) is 18.0. The number of nitrogens with zero attached hydrogens (tertiary/aromatic N) is 1. The zero-order valence-electron chi connectivity index (χ0n) is 4.66. The van der Waals surface area contributed by atoms with Crippen LogP contribution in [0.25, 0.3) is 0 Å². The Morgan fingerprint density at radius 1 is 1.44 bits per heavy atom. The van der Waals surface area contributed by atoms with E-state index in [1.165, 1.54) is 0 Å². The third kappa shape index (κ3) is 682. The molecule has 0 saturated carbocycles. The molecule has 0 amide bonds. The summed E-state index contributed by atoms with van der Waals surface area (Å²) in [5, 5.41) is 22.1. The van der Waals surface area contributed by atoms with E-state index in [4.69, 9.17) is 25.1 Å². The average molecular weight is 131 g/mol. The average Bonchev–Trinajstić information content (AvgIpc) is 1.65. The number of carbonyl (C=O) groups is 2. The van der Waals surface area contributed by atoms with Crippen molar-refractivity contribution in [3.05, 3.63) is 0 Å². The molecule has 0 bridgehead atoms. The highest BCUT2D eigenvalue weighted by atomic mass is 16.4. The highest BCUT2D eigenvalue weighted by Gasteiger charge is 1.79. The van der Waals surface area contributed by atoms with Gasteiger partial charge in [0.25, 0.3) is 5.97 Å². The van der Waals surface area contributed by atoms with Crippen LogP contribution in [-0.2, 0) is 9.59 Å². The Bertz CT molecular complexity index is 141.